The zero-order valence-electron chi connectivity index (χ0n) is 26.5. The number of ketones is 2. The molecule has 8 nitrogen and oxygen atoms in total. The van der Waals surface area contributed by atoms with Crippen LogP contribution in [0.1, 0.15) is 109 Å². The average molecular weight is 585 g/mol. The molecule has 5 aliphatic carbocycles. The molecule has 1 aromatic heterocycles. The van der Waals surface area contributed by atoms with Crippen LogP contribution in [0.2, 0.25) is 0 Å². The Morgan fingerprint density at radius 3 is 2.35 bits per heavy atom. The molecule has 0 aromatic carbocycles. The molecule has 3 saturated carbocycles. The van der Waals surface area contributed by atoms with E-state index in [1.54, 1.807) is 0 Å². The molecule has 7 unspecified atom stereocenters. The number of Topliss-reactive ketones (excluding diaryl/α,β-unsaturated/α-hetero) is 1. The standard InChI is InChI=1S/C35H44N4O4/c1-30(2)10-12-35(29(43)39-15-14-38-28(39)27(37)42)13-11-34(7)25(21(35)18-30)22(40)16-24-32(5)17-20(19-36)26(41)31(3,4)23(32)8-9-33(24,34)6/h14-17,21,23,25H,8-13,18H2,1-7H3,(H2,37,42). The van der Waals surface area contributed by atoms with Crippen LogP contribution in [0, 0.1) is 61.6 Å². The molecule has 3 fully saturated rings. The maximum atomic E-state index is 14.7. The van der Waals surface area contributed by atoms with Crippen LogP contribution in [0.4, 0.5) is 0 Å². The SMILES string of the molecule is CC1(C)CCC2(C(=O)n3ccnc3C(N)=O)CCC3(C)C(C(=O)C=C4C5(C)C=C(C#N)C(=O)C(C)(C)C5CCC43C)C2C1. The number of primary amides is 1. The molecule has 0 aliphatic heterocycles. The molecular formula is C35H44N4O4. The first kappa shape index (κ1) is 29.7. The number of nitrogens with zero attached hydrogens (tertiary/aromatic N) is 3. The molecule has 0 spiro atoms. The van der Waals surface area contributed by atoms with Crippen molar-refractivity contribution in [3.05, 3.63) is 41.5 Å². The Labute approximate surface area is 254 Å². The van der Waals surface area contributed by atoms with Gasteiger partial charge in [0.05, 0.1) is 11.0 Å². The smallest absolute Gasteiger partial charge is 0.285 e. The van der Waals surface area contributed by atoms with Crippen molar-refractivity contribution in [3.63, 3.8) is 0 Å². The van der Waals surface area contributed by atoms with Crippen LogP contribution in [-0.4, -0.2) is 32.9 Å². The van der Waals surface area contributed by atoms with Crippen molar-refractivity contribution in [1.29, 1.82) is 5.26 Å². The summed E-state index contributed by atoms with van der Waals surface area (Å²) in [5.74, 6) is -1.69. The van der Waals surface area contributed by atoms with Crippen LogP contribution in [0.25, 0.3) is 0 Å². The summed E-state index contributed by atoms with van der Waals surface area (Å²) in [7, 11) is 0. The lowest BCUT2D eigenvalue weighted by molar-refractivity contribution is -0.164. The number of amides is 1. The zero-order chi connectivity index (χ0) is 31.5. The Hall–Kier alpha value is -3.34. The van der Waals surface area contributed by atoms with Crippen LogP contribution in [0.3, 0.4) is 0 Å². The maximum Gasteiger partial charge on any atom is 0.285 e. The summed E-state index contributed by atoms with van der Waals surface area (Å²) >= 11 is 0. The molecule has 5 aliphatic rings. The van der Waals surface area contributed by atoms with E-state index in [-0.39, 0.29) is 57.5 Å². The lowest BCUT2D eigenvalue weighted by Crippen LogP contribution is -2.66. The van der Waals surface area contributed by atoms with E-state index >= 15 is 0 Å². The lowest BCUT2D eigenvalue weighted by atomic mass is 9.34. The predicted molar refractivity (Wildman–Crippen MR) is 160 cm³/mol. The third-order valence-corrected chi connectivity index (χ3v) is 13.4. The second kappa shape index (κ2) is 8.86. The third kappa shape index (κ3) is 3.63. The van der Waals surface area contributed by atoms with Crippen LogP contribution >= 0.6 is 0 Å². The minimum atomic E-state index is -0.809. The van der Waals surface area contributed by atoms with E-state index in [0.29, 0.717) is 19.3 Å². The van der Waals surface area contributed by atoms with Gasteiger partial charge in [-0.25, -0.2) is 4.98 Å². The first-order valence-corrected chi connectivity index (χ1v) is 15.7. The molecular weight excluding hydrogens is 540 g/mol. The summed E-state index contributed by atoms with van der Waals surface area (Å²) in [5.41, 5.74) is 3.83. The average Bonchev–Trinajstić information content (AvgIpc) is 3.42. The molecule has 228 valence electrons. The van der Waals surface area contributed by atoms with Crippen molar-refractivity contribution in [1.82, 2.24) is 9.55 Å². The molecule has 0 bridgehead atoms. The van der Waals surface area contributed by atoms with Gasteiger partial charge in [0.15, 0.2) is 11.6 Å². The monoisotopic (exact) mass is 584 g/mol. The van der Waals surface area contributed by atoms with Crippen molar-refractivity contribution in [2.45, 2.75) is 93.4 Å². The summed E-state index contributed by atoms with van der Waals surface area (Å²) in [6, 6.07) is 2.16. The quantitative estimate of drug-likeness (QED) is 0.464. The largest absolute Gasteiger partial charge is 0.363 e. The Bertz CT molecular complexity index is 1590. The third-order valence-electron chi connectivity index (χ3n) is 13.4. The first-order chi connectivity index (χ1) is 19.9. The second-order valence-electron chi connectivity index (χ2n) is 16.2. The van der Waals surface area contributed by atoms with Gasteiger partial charge in [0.2, 0.25) is 11.7 Å². The van der Waals surface area contributed by atoms with E-state index in [4.69, 9.17) is 5.73 Å². The number of carbonyl (C=O) groups excluding carboxylic acids is 4. The Morgan fingerprint density at radius 2 is 1.70 bits per heavy atom. The summed E-state index contributed by atoms with van der Waals surface area (Å²) in [4.78, 5) is 58.8. The van der Waals surface area contributed by atoms with E-state index in [2.05, 4.69) is 45.7 Å². The first-order valence-electron chi connectivity index (χ1n) is 15.7. The highest BCUT2D eigenvalue weighted by molar-refractivity contribution is 6.05. The van der Waals surface area contributed by atoms with E-state index in [1.165, 1.54) is 17.0 Å². The van der Waals surface area contributed by atoms with Gasteiger partial charge >= 0.3 is 0 Å². The number of imidazole rings is 1. The minimum absolute atomic E-state index is 0.0248. The molecule has 0 saturated heterocycles. The topological polar surface area (TPSA) is 136 Å². The van der Waals surface area contributed by atoms with Gasteiger partial charge in [0.25, 0.3) is 5.91 Å². The number of nitrogens with two attached hydrogens (primary N) is 1. The van der Waals surface area contributed by atoms with Gasteiger partial charge in [-0.05, 0) is 79.1 Å². The highest BCUT2D eigenvalue weighted by atomic mass is 16.2. The second-order valence-corrected chi connectivity index (χ2v) is 16.2. The summed E-state index contributed by atoms with van der Waals surface area (Å²) in [6.45, 7) is 15.0. The molecule has 1 aromatic rings. The molecule has 6 rings (SSSR count). The number of carbonyl (C=O) groups is 4. The molecule has 1 amide bonds. The number of allylic oxidation sites excluding steroid dienone is 4. The number of fused-ring (bicyclic) bond motifs is 7. The fourth-order valence-corrected chi connectivity index (χ4v) is 10.9. The van der Waals surface area contributed by atoms with Gasteiger partial charge in [-0.3, -0.25) is 23.7 Å². The predicted octanol–water partition coefficient (Wildman–Crippen LogP) is 5.84. The Morgan fingerprint density at radius 1 is 1.02 bits per heavy atom. The van der Waals surface area contributed by atoms with Gasteiger partial charge in [-0.1, -0.05) is 60.1 Å². The molecule has 8 heteroatoms. The number of rotatable bonds is 2. The van der Waals surface area contributed by atoms with Gasteiger partial charge in [0, 0.05) is 29.1 Å². The summed E-state index contributed by atoms with van der Waals surface area (Å²) in [5, 5.41) is 9.95. The molecule has 7 atom stereocenters. The minimum Gasteiger partial charge on any atom is -0.363 e. The van der Waals surface area contributed by atoms with Crippen molar-refractivity contribution < 1.29 is 19.2 Å². The van der Waals surface area contributed by atoms with Crippen LogP contribution in [0.5, 0.6) is 0 Å². The van der Waals surface area contributed by atoms with Crippen molar-refractivity contribution in [2.24, 2.45) is 56.0 Å². The van der Waals surface area contributed by atoms with E-state index in [1.807, 2.05) is 26.0 Å². The summed E-state index contributed by atoms with van der Waals surface area (Å²) < 4.78 is 1.33. The van der Waals surface area contributed by atoms with Crippen LogP contribution < -0.4 is 5.73 Å². The van der Waals surface area contributed by atoms with E-state index in [9.17, 15) is 24.4 Å². The summed E-state index contributed by atoms with van der Waals surface area (Å²) in [6.07, 6.45) is 11.8. The number of hydrogen-bond donors (Lipinski definition) is 1. The van der Waals surface area contributed by atoms with E-state index < -0.39 is 27.6 Å². The van der Waals surface area contributed by atoms with Gasteiger partial charge in [0.1, 0.15) is 6.07 Å². The van der Waals surface area contributed by atoms with Gasteiger partial charge < -0.3 is 5.73 Å². The van der Waals surface area contributed by atoms with Crippen molar-refractivity contribution in [2.75, 3.05) is 0 Å². The zero-order valence-corrected chi connectivity index (χ0v) is 26.5. The van der Waals surface area contributed by atoms with Crippen LogP contribution in [0.15, 0.2) is 35.7 Å². The van der Waals surface area contributed by atoms with Crippen molar-refractivity contribution in [3.8, 4) is 6.07 Å². The van der Waals surface area contributed by atoms with Crippen molar-refractivity contribution >= 4 is 23.4 Å². The normalized spacial score (nSPS) is 40.9. The maximum absolute atomic E-state index is 14.7. The number of aromatic nitrogens is 2. The fourth-order valence-electron chi connectivity index (χ4n) is 10.9. The molecule has 2 N–H and O–H groups in total. The molecule has 1 heterocycles. The van der Waals surface area contributed by atoms with Gasteiger partial charge in [-0.15, -0.1) is 0 Å². The molecule has 0 radical (unpaired) electrons. The lowest BCUT2D eigenvalue weighted by Gasteiger charge is -2.69. The van der Waals surface area contributed by atoms with Gasteiger partial charge in [-0.2, -0.15) is 5.26 Å². The number of nitriles is 1. The highest BCUT2D eigenvalue weighted by Gasteiger charge is 2.71. The van der Waals surface area contributed by atoms with E-state index in [0.717, 1.165) is 31.3 Å². The fraction of sp³-hybridized carbons (Fsp3) is 0.657. The Kier molecular flexibility index (Phi) is 6.12. The highest BCUT2D eigenvalue weighted by Crippen LogP contribution is 2.74. The number of hydrogen-bond acceptors (Lipinski definition) is 6. The van der Waals surface area contributed by atoms with Crippen LogP contribution in [-0.2, 0) is 9.59 Å². The Balaban J connectivity index is 1.52. The molecule has 43 heavy (non-hydrogen) atoms.